The fourth-order valence-corrected chi connectivity index (χ4v) is 2.69. The van der Waals surface area contributed by atoms with Gasteiger partial charge in [-0.3, -0.25) is 0 Å². The number of nitrogens with two attached hydrogens (primary N) is 1. The number of ether oxygens (including phenoxy) is 1. The van der Waals surface area contributed by atoms with Gasteiger partial charge in [0.1, 0.15) is 5.82 Å². The lowest BCUT2D eigenvalue weighted by Gasteiger charge is -2.27. The molecule has 5 heteroatoms. The van der Waals surface area contributed by atoms with E-state index in [1.807, 2.05) is 4.90 Å². The van der Waals surface area contributed by atoms with E-state index in [1.54, 1.807) is 6.92 Å². The van der Waals surface area contributed by atoms with Crippen LogP contribution in [-0.4, -0.2) is 25.7 Å². The molecule has 1 saturated heterocycles. The molecule has 0 spiro atoms. The Morgan fingerprint density at radius 2 is 1.86 bits per heavy atom. The minimum atomic E-state index is -0.497. The molecular formula is C16H23FN2O2. The van der Waals surface area contributed by atoms with Gasteiger partial charge in [-0.15, -0.1) is 0 Å². The van der Waals surface area contributed by atoms with Crippen molar-refractivity contribution in [3.8, 4) is 0 Å². The molecule has 0 aliphatic carbocycles. The molecule has 21 heavy (non-hydrogen) atoms. The van der Waals surface area contributed by atoms with Crippen LogP contribution >= 0.6 is 0 Å². The number of carbonyl (C=O) groups is 1. The third-order valence-corrected chi connectivity index (χ3v) is 3.81. The summed E-state index contributed by atoms with van der Waals surface area (Å²) >= 11 is 0. The molecule has 2 N–H and O–H groups in total. The van der Waals surface area contributed by atoms with E-state index in [1.165, 1.54) is 18.6 Å². The first-order chi connectivity index (χ1) is 10.1. The fourth-order valence-electron chi connectivity index (χ4n) is 2.69. The second-order valence-corrected chi connectivity index (χ2v) is 5.37. The van der Waals surface area contributed by atoms with E-state index >= 15 is 0 Å². The van der Waals surface area contributed by atoms with Crippen molar-refractivity contribution in [2.24, 2.45) is 0 Å². The predicted octanol–water partition coefficient (Wildman–Crippen LogP) is 3.36. The zero-order valence-electron chi connectivity index (χ0n) is 12.5. The lowest BCUT2D eigenvalue weighted by atomic mass is 10.1. The lowest BCUT2D eigenvalue weighted by molar-refractivity contribution is 0.0527. The van der Waals surface area contributed by atoms with E-state index in [9.17, 15) is 9.18 Å². The maximum absolute atomic E-state index is 14.2. The van der Waals surface area contributed by atoms with Crippen LogP contribution in [0, 0.1) is 5.82 Å². The lowest BCUT2D eigenvalue weighted by Crippen LogP contribution is -2.28. The van der Waals surface area contributed by atoms with Crippen LogP contribution in [0.1, 0.15) is 49.4 Å². The highest BCUT2D eigenvalue weighted by Crippen LogP contribution is 2.28. The molecule has 0 radical (unpaired) electrons. The van der Waals surface area contributed by atoms with Gasteiger partial charge in [-0.05, 0) is 31.9 Å². The van der Waals surface area contributed by atoms with E-state index in [0.29, 0.717) is 5.69 Å². The van der Waals surface area contributed by atoms with Crippen molar-refractivity contribution < 1.29 is 13.9 Å². The van der Waals surface area contributed by atoms with Gasteiger partial charge in [0.25, 0.3) is 0 Å². The second-order valence-electron chi connectivity index (χ2n) is 5.37. The van der Waals surface area contributed by atoms with Crippen molar-refractivity contribution in [3.05, 3.63) is 23.5 Å². The molecule has 4 nitrogen and oxygen atoms in total. The summed E-state index contributed by atoms with van der Waals surface area (Å²) in [6.45, 7) is 3.62. The minimum Gasteiger partial charge on any atom is -0.462 e. The number of hydrogen-bond donors (Lipinski definition) is 1. The number of hydrogen-bond acceptors (Lipinski definition) is 4. The van der Waals surface area contributed by atoms with Crippen LogP contribution in [0.4, 0.5) is 15.8 Å². The van der Waals surface area contributed by atoms with Gasteiger partial charge in [0.2, 0.25) is 0 Å². The highest BCUT2D eigenvalue weighted by molar-refractivity contribution is 5.96. The average molecular weight is 294 g/mol. The standard InChI is InChI=1S/C16H23FN2O2/c1-2-21-16(20)12-10-15(13(17)11-14(12)18)19-8-6-4-3-5-7-9-19/h10-11H,2-9,18H2,1H3. The molecule has 1 aromatic rings. The molecule has 1 aromatic carbocycles. The monoisotopic (exact) mass is 294 g/mol. The SMILES string of the molecule is CCOC(=O)c1cc(N2CCCCCCC2)c(F)cc1N. The number of nitrogen functional groups attached to an aromatic ring is 1. The van der Waals surface area contributed by atoms with Gasteiger partial charge >= 0.3 is 5.97 Å². The first-order valence-corrected chi connectivity index (χ1v) is 7.64. The van der Waals surface area contributed by atoms with Crippen LogP contribution in [0.2, 0.25) is 0 Å². The first kappa shape index (κ1) is 15.6. The molecule has 1 aliphatic heterocycles. The van der Waals surface area contributed by atoms with E-state index < -0.39 is 5.97 Å². The number of nitrogens with zero attached hydrogens (tertiary/aromatic N) is 1. The number of esters is 1. The summed E-state index contributed by atoms with van der Waals surface area (Å²) in [5.74, 6) is -0.871. The first-order valence-electron chi connectivity index (χ1n) is 7.64. The third kappa shape index (κ3) is 3.86. The van der Waals surface area contributed by atoms with Crippen LogP contribution in [0.25, 0.3) is 0 Å². The van der Waals surface area contributed by atoms with Crippen LogP contribution in [0.3, 0.4) is 0 Å². The van der Waals surface area contributed by atoms with Crippen molar-refractivity contribution in [3.63, 3.8) is 0 Å². The molecule has 116 valence electrons. The van der Waals surface area contributed by atoms with E-state index in [4.69, 9.17) is 10.5 Å². The Morgan fingerprint density at radius 3 is 2.48 bits per heavy atom. The van der Waals surface area contributed by atoms with Gasteiger partial charge in [-0.1, -0.05) is 19.3 Å². The maximum Gasteiger partial charge on any atom is 0.340 e. The summed E-state index contributed by atoms with van der Waals surface area (Å²) in [5.41, 5.74) is 6.57. The summed E-state index contributed by atoms with van der Waals surface area (Å²) in [6, 6.07) is 2.75. The molecule has 0 bridgehead atoms. The zero-order chi connectivity index (χ0) is 15.2. The summed E-state index contributed by atoms with van der Waals surface area (Å²) in [7, 11) is 0. The molecule has 0 atom stereocenters. The summed E-state index contributed by atoms with van der Waals surface area (Å²) in [5, 5.41) is 0. The molecule has 0 saturated carbocycles. The van der Waals surface area contributed by atoms with Crippen molar-refractivity contribution >= 4 is 17.3 Å². The van der Waals surface area contributed by atoms with Crippen LogP contribution < -0.4 is 10.6 Å². The Hall–Kier alpha value is -1.78. The fraction of sp³-hybridized carbons (Fsp3) is 0.562. The Bertz CT molecular complexity index is 497. The van der Waals surface area contributed by atoms with Gasteiger partial charge in [-0.25, -0.2) is 9.18 Å². The van der Waals surface area contributed by atoms with Crippen LogP contribution in [0.5, 0.6) is 0 Å². The second kappa shape index (κ2) is 7.29. The number of rotatable bonds is 3. The van der Waals surface area contributed by atoms with Gasteiger partial charge in [0.15, 0.2) is 0 Å². The van der Waals surface area contributed by atoms with Crippen molar-refractivity contribution in [1.29, 1.82) is 0 Å². The Kier molecular flexibility index (Phi) is 5.42. The van der Waals surface area contributed by atoms with Crippen molar-refractivity contribution in [1.82, 2.24) is 0 Å². The number of anilines is 2. The van der Waals surface area contributed by atoms with E-state index in [-0.39, 0.29) is 23.7 Å². The molecule has 0 aromatic heterocycles. The van der Waals surface area contributed by atoms with Crippen molar-refractivity contribution in [2.75, 3.05) is 30.3 Å². The summed E-state index contributed by atoms with van der Waals surface area (Å²) in [4.78, 5) is 13.9. The maximum atomic E-state index is 14.2. The van der Waals surface area contributed by atoms with Crippen LogP contribution in [-0.2, 0) is 4.74 Å². The molecular weight excluding hydrogens is 271 g/mol. The van der Waals surface area contributed by atoms with Gasteiger partial charge in [0.05, 0.1) is 17.9 Å². The summed E-state index contributed by atoms with van der Waals surface area (Å²) < 4.78 is 19.2. The third-order valence-electron chi connectivity index (χ3n) is 3.81. The van der Waals surface area contributed by atoms with E-state index in [0.717, 1.165) is 38.8 Å². The highest BCUT2D eigenvalue weighted by Gasteiger charge is 2.19. The van der Waals surface area contributed by atoms with E-state index in [2.05, 4.69) is 0 Å². The topological polar surface area (TPSA) is 55.6 Å². The molecule has 0 amide bonds. The number of halogens is 1. The minimum absolute atomic E-state index is 0.127. The normalized spacial score (nSPS) is 16.2. The smallest absolute Gasteiger partial charge is 0.340 e. The molecule has 1 aliphatic rings. The molecule has 1 heterocycles. The van der Waals surface area contributed by atoms with Gasteiger partial charge in [-0.2, -0.15) is 0 Å². The van der Waals surface area contributed by atoms with Crippen LogP contribution in [0.15, 0.2) is 12.1 Å². The zero-order valence-corrected chi connectivity index (χ0v) is 12.5. The Balaban J connectivity index is 2.28. The highest BCUT2D eigenvalue weighted by atomic mass is 19.1. The van der Waals surface area contributed by atoms with Crippen molar-refractivity contribution in [2.45, 2.75) is 39.0 Å². The number of benzene rings is 1. The summed E-state index contributed by atoms with van der Waals surface area (Å²) in [6.07, 6.45) is 5.65. The molecule has 2 rings (SSSR count). The quantitative estimate of drug-likeness (QED) is 0.686. The Labute approximate surface area is 125 Å². The van der Waals surface area contributed by atoms with Gasteiger partial charge < -0.3 is 15.4 Å². The average Bonchev–Trinajstić information content (AvgIpc) is 2.40. The largest absolute Gasteiger partial charge is 0.462 e. The Morgan fingerprint density at radius 1 is 1.24 bits per heavy atom. The molecule has 0 unspecified atom stereocenters. The predicted molar refractivity (Wildman–Crippen MR) is 82.1 cm³/mol. The molecule has 1 fully saturated rings. The number of carbonyl (C=O) groups excluding carboxylic acids is 1. The van der Waals surface area contributed by atoms with Gasteiger partial charge in [0, 0.05) is 18.8 Å².